The Kier molecular flexibility index (Phi) is 3.73. The van der Waals surface area contributed by atoms with Gasteiger partial charge in [-0.05, 0) is 19.8 Å². The highest BCUT2D eigenvalue weighted by molar-refractivity contribution is 4.98. The lowest BCUT2D eigenvalue weighted by molar-refractivity contribution is -0.317. The van der Waals surface area contributed by atoms with Crippen molar-refractivity contribution in [1.29, 1.82) is 0 Å². The van der Waals surface area contributed by atoms with Crippen LogP contribution in [-0.2, 0) is 18.9 Å². The number of methoxy groups -OCH3 is 1. The highest BCUT2D eigenvalue weighted by Gasteiger charge is 2.57. The summed E-state index contributed by atoms with van der Waals surface area (Å²) in [6.45, 7) is 8.13. The Hall–Kier alpha value is -0.200. The van der Waals surface area contributed by atoms with Gasteiger partial charge in [0.2, 0.25) is 0 Å². The average molecular weight is 260 g/mol. The smallest absolute Gasteiger partial charge is 0.195 e. The summed E-state index contributed by atoms with van der Waals surface area (Å²) in [6.07, 6.45) is -0.487. The van der Waals surface area contributed by atoms with Crippen molar-refractivity contribution < 1.29 is 24.1 Å². The summed E-state index contributed by atoms with van der Waals surface area (Å²) < 4.78 is 22.6. The molecule has 0 aromatic rings. The maximum absolute atomic E-state index is 10.6. The Morgan fingerprint density at radius 1 is 1.33 bits per heavy atom. The van der Waals surface area contributed by atoms with Gasteiger partial charge in [0, 0.05) is 13.5 Å². The van der Waals surface area contributed by atoms with E-state index in [1.165, 1.54) is 0 Å². The Morgan fingerprint density at radius 3 is 2.56 bits per heavy atom. The van der Waals surface area contributed by atoms with Crippen molar-refractivity contribution in [3.8, 4) is 0 Å². The van der Waals surface area contributed by atoms with Crippen LogP contribution in [0.25, 0.3) is 0 Å². The molecule has 2 aliphatic heterocycles. The molecule has 5 heteroatoms. The third kappa shape index (κ3) is 2.56. The number of fused-ring (bicyclic) bond motifs is 1. The first kappa shape index (κ1) is 14.2. The number of ether oxygens (including phenoxy) is 4. The van der Waals surface area contributed by atoms with Crippen molar-refractivity contribution in [1.82, 2.24) is 0 Å². The van der Waals surface area contributed by atoms with Gasteiger partial charge >= 0.3 is 0 Å². The molecule has 0 aromatic heterocycles. The summed E-state index contributed by atoms with van der Waals surface area (Å²) in [5.74, 6) is -1.65. The van der Waals surface area contributed by atoms with E-state index in [1.807, 2.05) is 27.7 Å². The van der Waals surface area contributed by atoms with Crippen molar-refractivity contribution in [3.05, 3.63) is 0 Å². The first-order chi connectivity index (χ1) is 8.27. The van der Waals surface area contributed by atoms with Crippen molar-refractivity contribution in [3.63, 3.8) is 0 Å². The van der Waals surface area contributed by atoms with Gasteiger partial charge in [0.05, 0.1) is 6.61 Å². The molecule has 0 radical (unpaired) electrons. The van der Waals surface area contributed by atoms with Crippen molar-refractivity contribution >= 4 is 0 Å². The zero-order valence-corrected chi connectivity index (χ0v) is 11.8. The van der Waals surface area contributed by atoms with E-state index in [1.54, 1.807) is 7.11 Å². The third-order valence-corrected chi connectivity index (χ3v) is 3.42. The Labute approximate surface area is 108 Å². The van der Waals surface area contributed by atoms with Gasteiger partial charge < -0.3 is 24.1 Å². The second kappa shape index (κ2) is 4.72. The molecule has 1 unspecified atom stereocenters. The van der Waals surface area contributed by atoms with Crippen LogP contribution in [-0.4, -0.2) is 48.7 Å². The van der Waals surface area contributed by atoms with Gasteiger partial charge in [0.25, 0.3) is 0 Å². The van der Waals surface area contributed by atoms with Gasteiger partial charge in [-0.25, -0.2) is 0 Å². The molecule has 0 saturated carbocycles. The monoisotopic (exact) mass is 260 g/mol. The molecule has 1 N–H and O–H groups in total. The standard InChI is InChI=1S/C13H24O5/c1-8(2)6-13(14)11(15-5)10-9(7-16-13)17-12(3,4)18-10/h8-11,14H,6-7H2,1-5H3/t9-,10-,11+,13?/m0/s1. The molecule has 0 amide bonds. The molecule has 0 bridgehead atoms. The van der Waals surface area contributed by atoms with Crippen LogP contribution in [0, 0.1) is 5.92 Å². The Bertz CT molecular complexity index is 304. The largest absolute Gasteiger partial charge is 0.373 e. The van der Waals surface area contributed by atoms with E-state index >= 15 is 0 Å². The minimum atomic E-state index is -1.30. The third-order valence-electron chi connectivity index (χ3n) is 3.42. The van der Waals surface area contributed by atoms with Crippen LogP contribution in [0.15, 0.2) is 0 Å². The molecular weight excluding hydrogens is 236 g/mol. The normalized spacial score (nSPS) is 43.2. The summed E-state index contributed by atoms with van der Waals surface area (Å²) >= 11 is 0. The summed E-state index contributed by atoms with van der Waals surface area (Å²) in [5.41, 5.74) is 0. The zero-order chi connectivity index (χ0) is 13.6. The van der Waals surface area contributed by atoms with Crippen molar-refractivity contribution in [2.75, 3.05) is 13.7 Å². The lowest BCUT2D eigenvalue weighted by Gasteiger charge is -2.43. The summed E-state index contributed by atoms with van der Waals surface area (Å²) in [5, 5.41) is 10.6. The van der Waals surface area contributed by atoms with Crippen LogP contribution in [0.2, 0.25) is 0 Å². The molecule has 4 atom stereocenters. The van der Waals surface area contributed by atoms with E-state index in [0.29, 0.717) is 18.9 Å². The summed E-state index contributed by atoms with van der Waals surface area (Å²) in [6, 6.07) is 0. The number of aliphatic hydroxyl groups is 1. The zero-order valence-electron chi connectivity index (χ0n) is 11.8. The van der Waals surface area contributed by atoms with Crippen LogP contribution in [0.3, 0.4) is 0 Å². The quantitative estimate of drug-likeness (QED) is 0.828. The Balaban J connectivity index is 2.18. The van der Waals surface area contributed by atoms with Gasteiger partial charge in [0.15, 0.2) is 11.6 Å². The number of rotatable bonds is 3. The lowest BCUT2D eigenvalue weighted by Crippen LogP contribution is -2.61. The second-order valence-electron chi connectivity index (χ2n) is 6.05. The first-order valence-corrected chi connectivity index (χ1v) is 6.52. The molecule has 18 heavy (non-hydrogen) atoms. The fourth-order valence-electron chi connectivity index (χ4n) is 2.89. The molecule has 2 aliphatic rings. The van der Waals surface area contributed by atoms with E-state index in [4.69, 9.17) is 18.9 Å². The summed E-state index contributed by atoms with van der Waals surface area (Å²) in [7, 11) is 1.57. The van der Waals surface area contributed by atoms with Crippen LogP contribution in [0.1, 0.15) is 34.1 Å². The van der Waals surface area contributed by atoms with Crippen molar-refractivity contribution in [2.24, 2.45) is 5.92 Å². The Morgan fingerprint density at radius 2 is 2.00 bits per heavy atom. The van der Waals surface area contributed by atoms with E-state index in [9.17, 15) is 5.11 Å². The molecule has 0 aromatic carbocycles. The maximum Gasteiger partial charge on any atom is 0.195 e. The predicted molar refractivity (Wildman–Crippen MR) is 65.0 cm³/mol. The second-order valence-corrected chi connectivity index (χ2v) is 6.05. The molecular formula is C13H24O5. The molecule has 2 heterocycles. The van der Waals surface area contributed by atoms with Gasteiger partial charge in [-0.1, -0.05) is 13.8 Å². The van der Waals surface area contributed by atoms with E-state index in [2.05, 4.69) is 0 Å². The molecule has 2 saturated heterocycles. The molecule has 2 rings (SSSR count). The van der Waals surface area contributed by atoms with Crippen LogP contribution in [0.4, 0.5) is 0 Å². The SMILES string of the molecule is CO[C@@H]1[C@H]2OC(C)(C)O[C@H]2COC1(O)CC(C)C. The molecule has 2 fully saturated rings. The number of hydrogen-bond acceptors (Lipinski definition) is 5. The fraction of sp³-hybridized carbons (Fsp3) is 1.00. The van der Waals surface area contributed by atoms with Gasteiger partial charge in [-0.15, -0.1) is 0 Å². The van der Waals surface area contributed by atoms with Gasteiger partial charge in [-0.3, -0.25) is 0 Å². The van der Waals surface area contributed by atoms with Crippen molar-refractivity contribution in [2.45, 2.75) is 64.0 Å². The highest BCUT2D eigenvalue weighted by atomic mass is 16.8. The van der Waals surface area contributed by atoms with Gasteiger partial charge in [-0.2, -0.15) is 0 Å². The van der Waals surface area contributed by atoms with E-state index in [-0.39, 0.29) is 12.2 Å². The van der Waals surface area contributed by atoms with E-state index < -0.39 is 17.7 Å². The minimum Gasteiger partial charge on any atom is -0.373 e. The van der Waals surface area contributed by atoms with Crippen LogP contribution in [0.5, 0.6) is 0 Å². The van der Waals surface area contributed by atoms with E-state index in [0.717, 1.165) is 0 Å². The summed E-state index contributed by atoms with van der Waals surface area (Å²) in [4.78, 5) is 0. The van der Waals surface area contributed by atoms with Crippen LogP contribution < -0.4 is 0 Å². The molecule has 0 spiro atoms. The average Bonchev–Trinajstić information content (AvgIpc) is 2.51. The predicted octanol–water partition coefficient (Wildman–Crippen LogP) is 1.29. The minimum absolute atomic E-state index is 0.183. The maximum atomic E-state index is 10.6. The topological polar surface area (TPSA) is 57.2 Å². The van der Waals surface area contributed by atoms with Gasteiger partial charge in [0.1, 0.15) is 18.3 Å². The molecule has 5 nitrogen and oxygen atoms in total. The fourth-order valence-corrected chi connectivity index (χ4v) is 2.89. The lowest BCUT2D eigenvalue weighted by atomic mass is 9.90. The number of hydrogen-bond donors (Lipinski definition) is 1. The molecule has 106 valence electrons. The molecule has 0 aliphatic carbocycles. The van der Waals surface area contributed by atoms with Crippen LogP contribution >= 0.6 is 0 Å². The highest BCUT2D eigenvalue weighted by Crippen LogP contribution is 2.40. The first-order valence-electron chi connectivity index (χ1n) is 6.52.